The lowest BCUT2D eigenvalue weighted by Gasteiger charge is -2.26. The summed E-state index contributed by atoms with van der Waals surface area (Å²) < 4.78 is 13.5. The highest BCUT2D eigenvalue weighted by Crippen LogP contribution is 2.10. The third kappa shape index (κ3) is 4.44. The Bertz CT molecular complexity index is 339. The first kappa shape index (κ1) is 14.1. The number of benzene rings is 1. The monoisotopic (exact) mass is 238 g/mol. The molecule has 0 fully saturated rings. The first-order chi connectivity index (χ1) is 8.04. The molecular weight excluding hydrogens is 215 g/mol. The van der Waals surface area contributed by atoms with Gasteiger partial charge in [-0.15, -0.1) is 0 Å². The summed E-state index contributed by atoms with van der Waals surface area (Å²) in [4.78, 5) is 2.15. The number of rotatable bonds is 6. The van der Waals surface area contributed by atoms with Crippen LogP contribution in [0.5, 0.6) is 0 Å². The highest BCUT2D eigenvalue weighted by atomic mass is 19.1. The molecule has 0 heterocycles. The fraction of sp³-hybridized carbons (Fsp3) is 0.571. The van der Waals surface area contributed by atoms with Crippen LogP contribution in [0.4, 0.5) is 4.39 Å². The maximum Gasteiger partial charge on any atom is 0.127 e. The molecule has 0 radical (unpaired) electrons. The minimum Gasteiger partial charge on any atom is -0.315 e. The van der Waals surface area contributed by atoms with Crippen LogP contribution in [0.25, 0.3) is 0 Å². The van der Waals surface area contributed by atoms with Crippen molar-refractivity contribution in [1.82, 2.24) is 10.2 Å². The Morgan fingerprint density at radius 1 is 1.29 bits per heavy atom. The summed E-state index contributed by atoms with van der Waals surface area (Å²) in [5, 5.41) is 3.30. The second kappa shape index (κ2) is 6.72. The summed E-state index contributed by atoms with van der Waals surface area (Å²) >= 11 is 0. The standard InChI is InChI=1S/C14H23FN2/c1-11(2)14(16-3)10-17(4)9-12-7-5-6-8-13(12)15/h5-8,11,14,16H,9-10H2,1-4H3. The second-order valence-corrected chi connectivity index (χ2v) is 4.93. The van der Waals surface area contributed by atoms with Gasteiger partial charge in [0.15, 0.2) is 0 Å². The number of halogens is 1. The van der Waals surface area contributed by atoms with Gasteiger partial charge in [-0.05, 0) is 26.1 Å². The molecule has 1 aromatic rings. The number of hydrogen-bond donors (Lipinski definition) is 1. The zero-order chi connectivity index (χ0) is 12.8. The Morgan fingerprint density at radius 3 is 2.47 bits per heavy atom. The number of nitrogens with one attached hydrogen (secondary N) is 1. The molecule has 0 saturated heterocycles. The maximum atomic E-state index is 13.5. The molecule has 1 unspecified atom stereocenters. The zero-order valence-electron chi connectivity index (χ0n) is 11.2. The normalized spacial score (nSPS) is 13.4. The summed E-state index contributed by atoms with van der Waals surface area (Å²) in [5.41, 5.74) is 0.758. The van der Waals surface area contributed by atoms with E-state index in [9.17, 15) is 4.39 Å². The van der Waals surface area contributed by atoms with Crippen molar-refractivity contribution in [2.45, 2.75) is 26.4 Å². The van der Waals surface area contributed by atoms with Crippen LogP contribution in [0.2, 0.25) is 0 Å². The van der Waals surface area contributed by atoms with Gasteiger partial charge >= 0.3 is 0 Å². The smallest absolute Gasteiger partial charge is 0.127 e. The van der Waals surface area contributed by atoms with E-state index in [1.54, 1.807) is 6.07 Å². The Labute approximate surface area is 104 Å². The Hall–Kier alpha value is -0.930. The quantitative estimate of drug-likeness (QED) is 0.819. The van der Waals surface area contributed by atoms with E-state index in [-0.39, 0.29) is 5.82 Å². The molecule has 0 aliphatic heterocycles. The van der Waals surface area contributed by atoms with Gasteiger partial charge in [-0.3, -0.25) is 0 Å². The topological polar surface area (TPSA) is 15.3 Å². The summed E-state index contributed by atoms with van der Waals surface area (Å²) in [7, 11) is 4.00. The highest BCUT2D eigenvalue weighted by Gasteiger charge is 2.14. The summed E-state index contributed by atoms with van der Waals surface area (Å²) in [6.07, 6.45) is 0. The van der Waals surface area contributed by atoms with Crippen molar-refractivity contribution in [3.8, 4) is 0 Å². The molecule has 1 atom stereocenters. The summed E-state index contributed by atoms with van der Waals surface area (Å²) in [6.45, 7) is 5.95. The van der Waals surface area contributed by atoms with Crippen molar-refractivity contribution in [3.63, 3.8) is 0 Å². The lowest BCUT2D eigenvalue weighted by atomic mass is 10.0. The van der Waals surface area contributed by atoms with Gasteiger partial charge in [0.1, 0.15) is 5.82 Å². The third-order valence-corrected chi connectivity index (χ3v) is 3.08. The fourth-order valence-electron chi connectivity index (χ4n) is 1.95. The minimum atomic E-state index is -0.120. The molecule has 17 heavy (non-hydrogen) atoms. The maximum absolute atomic E-state index is 13.5. The van der Waals surface area contributed by atoms with Gasteiger partial charge in [-0.25, -0.2) is 4.39 Å². The van der Waals surface area contributed by atoms with Crippen LogP contribution in [0.15, 0.2) is 24.3 Å². The summed E-state index contributed by atoms with van der Waals surface area (Å²) in [6, 6.07) is 7.40. The first-order valence-electron chi connectivity index (χ1n) is 6.13. The second-order valence-electron chi connectivity index (χ2n) is 4.93. The summed E-state index contributed by atoms with van der Waals surface area (Å²) in [5.74, 6) is 0.452. The average Bonchev–Trinajstić information content (AvgIpc) is 2.28. The van der Waals surface area contributed by atoms with Crippen molar-refractivity contribution >= 4 is 0 Å². The predicted molar refractivity (Wildman–Crippen MR) is 70.4 cm³/mol. The predicted octanol–water partition coefficient (Wildman–Crippen LogP) is 2.50. The van der Waals surface area contributed by atoms with E-state index in [4.69, 9.17) is 0 Å². The van der Waals surface area contributed by atoms with E-state index in [1.807, 2.05) is 26.2 Å². The van der Waals surface area contributed by atoms with Crippen molar-refractivity contribution in [1.29, 1.82) is 0 Å². The Balaban J connectivity index is 2.55. The lowest BCUT2D eigenvalue weighted by molar-refractivity contribution is 0.253. The Morgan fingerprint density at radius 2 is 1.94 bits per heavy atom. The molecule has 0 aliphatic rings. The van der Waals surface area contributed by atoms with Crippen molar-refractivity contribution in [2.75, 3.05) is 20.6 Å². The van der Waals surface area contributed by atoms with Crippen LogP contribution in [0.1, 0.15) is 19.4 Å². The molecule has 0 bridgehead atoms. The van der Waals surface area contributed by atoms with Crippen LogP contribution in [-0.4, -0.2) is 31.6 Å². The molecule has 1 aromatic carbocycles. The van der Waals surface area contributed by atoms with Gasteiger partial charge in [-0.2, -0.15) is 0 Å². The molecule has 0 saturated carbocycles. The lowest BCUT2D eigenvalue weighted by Crippen LogP contribution is -2.41. The molecule has 0 aliphatic carbocycles. The largest absolute Gasteiger partial charge is 0.315 e. The van der Waals surface area contributed by atoms with E-state index in [2.05, 4.69) is 24.1 Å². The van der Waals surface area contributed by atoms with Crippen molar-refractivity contribution in [3.05, 3.63) is 35.6 Å². The van der Waals surface area contributed by atoms with E-state index < -0.39 is 0 Å². The molecular formula is C14H23FN2. The van der Waals surface area contributed by atoms with Crippen LogP contribution in [0, 0.1) is 11.7 Å². The number of hydrogen-bond acceptors (Lipinski definition) is 2. The van der Waals surface area contributed by atoms with E-state index in [0.717, 1.165) is 12.1 Å². The van der Waals surface area contributed by atoms with Crippen molar-refractivity contribution in [2.24, 2.45) is 5.92 Å². The zero-order valence-corrected chi connectivity index (χ0v) is 11.2. The molecule has 1 rings (SSSR count). The van der Waals surface area contributed by atoms with Crippen LogP contribution >= 0.6 is 0 Å². The molecule has 0 aromatic heterocycles. The number of likely N-dealkylation sites (N-methyl/N-ethyl adjacent to an activating group) is 2. The molecule has 1 N–H and O–H groups in total. The molecule has 2 nitrogen and oxygen atoms in total. The van der Waals surface area contributed by atoms with Crippen LogP contribution in [0.3, 0.4) is 0 Å². The minimum absolute atomic E-state index is 0.120. The van der Waals surface area contributed by atoms with Gasteiger partial charge in [0.05, 0.1) is 0 Å². The van der Waals surface area contributed by atoms with Crippen molar-refractivity contribution < 1.29 is 4.39 Å². The van der Waals surface area contributed by atoms with E-state index in [0.29, 0.717) is 18.5 Å². The van der Waals surface area contributed by atoms with E-state index in [1.165, 1.54) is 6.07 Å². The average molecular weight is 238 g/mol. The van der Waals surface area contributed by atoms with Gasteiger partial charge in [0.25, 0.3) is 0 Å². The molecule has 0 spiro atoms. The van der Waals surface area contributed by atoms with Gasteiger partial charge in [0.2, 0.25) is 0 Å². The Kier molecular flexibility index (Phi) is 5.59. The van der Waals surface area contributed by atoms with Crippen LogP contribution < -0.4 is 5.32 Å². The molecule has 96 valence electrons. The molecule has 3 heteroatoms. The van der Waals surface area contributed by atoms with Gasteiger partial charge < -0.3 is 10.2 Å². The SMILES string of the molecule is CNC(CN(C)Cc1ccccc1F)C(C)C. The highest BCUT2D eigenvalue weighted by molar-refractivity contribution is 5.16. The third-order valence-electron chi connectivity index (χ3n) is 3.08. The first-order valence-corrected chi connectivity index (χ1v) is 6.13. The molecule has 0 amide bonds. The van der Waals surface area contributed by atoms with E-state index >= 15 is 0 Å². The van der Waals surface area contributed by atoms with Gasteiger partial charge in [-0.1, -0.05) is 32.0 Å². The van der Waals surface area contributed by atoms with Crippen LogP contribution in [-0.2, 0) is 6.54 Å². The number of nitrogens with zero attached hydrogens (tertiary/aromatic N) is 1. The van der Waals surface area contributed by atoms with Gasteiger partial charge in [0, 0.05) is 24.7 Å². The fourth-order valence-corrected chi connectivity index (χ4v) is 1.95.